The maximum Gasteiger partial charge on any atom is 0.319 e. The third-order valence-corrected chi connectivity index (χ3v) is 7.17. The lowest BCUT2D eigenvalue weighted by molar-refractivity contribution is 0.251. The van der Waals surface area contributed by atoms with Crippen LogP contribution >= 0.6 is 23.5 Å². The molecule has 3 aromatic rings. The van der Waals surface area contributed by atoms with Crippen molar-refractivity contribution in [2.24, 2.45) is 0 Å². The van der Waals surface area contributed by atoms with Crippen LogP contribution in [0.4, 0.5) is 10.5 Å². The largest absolute Gasteiger partial charge is 0.357 e. The Morgan fingerprint density at radius 1 is 1.08 bits per heavy atom. The Labute approximate surface area is 155 Å². The van der Waals surface area contributed by atoms with E-state index in [1.54, 1.807) is 0 Å². The molecule has 1 aliphatic rings. The second-order valence-corrected chi connectivity index (χ2v) is 8.61. The first-order chi connectivity index (χ1) is 12.3. The molecule has 3 N–H and O–H groups in total. The SMILES string of the molecule is O=C(NCc1cc2ccccc2[nH]1)Nc1cccc(C2SCCS2)c1. The normalized spacial score (nSPS) is 14.7. The molecule has 1 aromatic heterocycles. The summed E-state index contributed by atoms with van der Waals surface area (Å²) >= 11 is 3.93. The van der Waals surface area contributed by atoms with Crippen molar-refractivity contribution in [1.29, 1.82) is 0 Å². The first kappa shape index (κ1) is 16.4. The zero-order valence-corrected chi connectivity index (χ0v) is 15.3. The van der Waals surface area contributed by atoms with Gasteiger partial charge in [0, 0.05) is 28.4 Å². The molecular formula is C19H19N3OS2. The van der Waals surface area contributed by atoms with E-state index in [2.05, 4.69) is 39.9 Å². The van der Waals surface area contributed by atoms with Crippen molar-refractivity contribution in [2.45, 2.75) is 11.1 Å². The number of para-hydroxylation sites is 1. The van der Waals surface area contributed by atoms with Gasteiger partial charge in [0.2, 0.25) is 0 Å². The number of aromatic nitrogens is 1. The van der Waals surface area contributed by atoms with Crippen molar-refractivity contribution in [3.63, 3.8) is 0 Å². The predicted molar refractivity (Wildman–Crippen MR) is 108 cm³/mol. The quantitative estimate of drug-likeness (QED) is 0.609. The minimum Gasteiger partial charge on any atom is -0.357 e. The number of anilines is 1. The van der Waals surface area contributed by atoms with Crippen molar-refractivity contribution < 1.29 is 4.79 Å². The molecule has 2 amide bonds. The number of nitrogens with one attached hydrogen (secondary N) is 3. The Balaban J connectivity index is 1.36. The van der Waals surface area contributed by atoms with Crippen LogP contribution in [0.5, 0.6) is 0 Å². The number of benzene rings is 2. The molecule has 25 heavy (non-hydrogen) atoms. The molecule has 1 aliphatic heterocycles. The average Bonchev–Trinajstić information content (AvgIpc) is 3.29. The number of aromatic amines is 1. The monoisotopic (exact) mass is 369 g/mol. The maximum atomic E-state index is 12.2. The third kappa shape index (κ3) is 3.96. The van der Waals surface area contributed by atoms with Gasteiger partial charge in [-0.1, -0.05) is 30.3 Å². The maximum absolute atomic E-state index is 12.2. The molecule has 4 nitrogen and oxygen atoms in total. The molecule has 128 valence electrons. The molecule has 0 bridgehead atoms. The Morgan fingerprint density at radius 2 is 1.92 bits per heavy atom. The molecule has 4 rings (SSSR count). The van der Waals surface area contributed by atoms with Gasteiger partial charge in [0.25, 0.3) is 0 Å². The van der Waals surface area contributed by atoms with Crippen LogP contribution in [0.15, 0.2) is 54.6 Å². The number of H-pyrrole nitrogens is 1. The molecule has 0 atom stereocenters. The van der Waals surface area contributed by atoms with Crippen molar-refractivity contribution in [1.82, 2.24) is 10.3 Å². The van der Waals surface area contributed by atoms with Crippen LogP contribution in [0.3, 0.4) is 0 Å². The minimum atomic E-state index is -0.192. The Bertz CT molecular complexity index is 854. The fourth-order valence-corrected chi connectivity index (χ4v) is 5.73. The predicted octanol–water partition coefficient (Wildman–Crippen LogP) is 4.97. The van der Waals surface area contributed by atoms with Gasteiger partial charge in [0.1, 0.15) is 0 Å². The summed E-state index contributed by atoms with van der Waals surface area (Å²) in [5, 5.41) is 6.98. The second kappa shape index (κ2) is 7.45. The van der Waals surface area contributed by atoms with E-state index in [1.807, 2.05) is 53.9 Å². The number of thioether (sulfide) groups is 2. The first-order valence-corrected chi connectivity index (χ1v) is 10.3. The molecule has 0 radical (unpaired) electrons. The third-order valence-electron chi connectivity index (χ3n) is 4.06. The average molecular weight is 370 g/mol. The number of urea groups is 1. The molecule has 2 aromatic carbocycles. The van der Waals surface area contributed by atoms with E-state index >= 15 is 0 Å². The lowest BCUT2D eigenvalue weighted by Crippen LogP contribution is -2.28. The van der Waals surface area contributed by atoms with Crippen molar-refractivity contribution in [3.05, 3.63) is 65.9 Å². The Morgan fingerprint density at radius 3 is 2.76 bits per heavy atom. The summed E-state index contributed by atoms with van der Waals surface area (Å²) in [6, 6.07) is 18.1. The van der Waals surface area contributed by atoms with Crippen LogP contribution in [-0.4, -0.2) is 22.5 Å². The highest BCUT2D eigenvalue weighted by Crippen LogP contribution is 2.45. The van der Waals surface area contributed by atoms with E-state index in [0.29, 0.717) is 11.1 Å². The van der Waals surface area contributed by atoms with Crippen LogP contribution in [-0.2, 0) is 6.54 Å². The molecule has 2 heterocycles. The van der Waals surface area contributed by atoms with E-state index in [9.17, 15) is 4.79 Å². The molecule has 0 spiro atoms. The topological polar surface area (TPSA) is 56.9 Å². The van der Waals surface area contributed by atoms with Crippen LogP contribution in [0.25, 0.3) is 10.9 Å². The van der Waals surface area contributed by atoms with Gasteiger partial charge in [0.05, 0.1) is 11.1 Å². The zero-order valence-electron chi connectivity index (χ0n) is 13.6. The lowest BCUT2D eigenvalue weighted by Gasteiger charge is -2.11. The van der Waals surface area contributed by atoms with E-state index in [4.69, 9.17) is 0 Å². The fourth-order valence-electron chi connectivity index (χ4n) is 2.89. The van der Waals surface area contributed by atoms with Gasteiger partial charge in [0.15, 0.2) is 0 Å². The highest BCUT2D eigenvalue weighted by molar-refractivity contribution is 8.19. The van der Waals surface area contributed by atoms with Gasteiger partial charge in [-0.25, -0.2) is 4.79 Å². The first-order valence-electron chi connectivity index (χ1n) is 8.22. The van der Waals surface area contributed by atoms with Crippen LogP contribution in [0.2, 0.25) is 0 Å². The molecule has 6 heteroatoms. The second-order valence-electron chi connectivity index (χ2n) is 5.89. The lowest BCUT2D eigenvalue weighted by atomic mass is 10.2. The van der Waals surface area contributed by atoms with Gasteiger partial charge < -0.3 is 15.6 Å². The number of hydrogen-bond donors (Lipinski definition) is 3. The van der Waals surface area contributed by atoms with Gasteiger partial charge in [-0.15, -0.1) is 23.5 Å². The molecule has 0 aliphatic carbocycles. The van der Waals surface area contributed by atoms with Crippen molar-refractivity contribution in [2.75, 3.05) is 16.8 Å². The van der Waals surface area contributed by atoms with E-state index in [-0.39, 0.29) is 6.03 Å². The molecule has 0 unspecified atom stereocenters. The minimum absolute atomic E-state index is 0.192. The summed E-state index contributed by atoms with van der Waals surface area (Å²) in [6.07, 6.45) is 0. The summed E-state index contributed by atoms with van der Waals surface area (Å²) < 4.78 is 0.483. The Hall–Kier alpha value is -2.05. The summed E-state index contributed by atoms with van der Waals surface area (Å²) in [5.74, 6) is 2.38. The fraction of sp³-hybridized carbons (Fsp3) is 0.211. The highest BCUT2D eigenvalue weighted by Gasteiger charge is 2.18. The number of carbonyl (C=O) groups is 1. The van der Waals surface area contributed by atoms with Crippen molar-refractivity contribution >= 4 is 46.1 Å². The number of fused-ring (bicyclic) bond motifs is 1. The number of amides is 2. The highest BCUT2D eigenvalue weighted by atomic mass is 32.2. The van der Waals surface area contributed by atoms with Gasteiger partial charge in [-0.3, -0.25) is 0 Å². The summed E-state index contributed by atoms with van der Waals surface area (Å²) in [7, 11) is 0. The molecular weight excluding hydrogens is 350 g/mol. The molecule has 1 saturated heterocycles. The van der Waals surface area contributed by atoms with Gasteiger partial charge in [-0.2, -0.15) is 0 Å². The summed E-state index contributed by atoms with van der Waals surface area (Å²) in [5.41, 5.74) is 4.17. The molecule has 1 fully saturated rings. The van der Waals surface area contributed by atoms with Crippen LogP contribution in [0.1, 0.15) is 15.8 Å². The van der Waals surface area contributed by atoms with Gasteiger partial charge >= 0.3 is 6.03 Å². The summed E-state index contributed by atoms with van der Waals surface area (Å²) in [6.45, 7) is 0.467. The smallest absolute Gasteiger partial charge is 0.319 e. The van der Waals surface area contributed by atoms with E-state index < -0.39 is 0 Å². The number of carbonyl (C=O) groups excluding carboxylic acids is 1. The number of rotatable bonds is 4. The zero-order chi connectivity index (χ0) is 17.1. The molecule has 0 saturated carbocycles. The standard InChI is InChI=1S/C19H19N3OS2/c23-19(20-12-16-10-13-4-1-2-7-17(13)21-16)22-15-6-3-5-14(11-15)18-24-8-9-25-18/h1-7,10-11,18,21H,8-9,12H2,(H2,20,22,23). The number of hydrogen-bond acceptors (Lipinski definition) is 3. The van der Waals surface area contributed by atoms with Crippen LogP contribution < -0.4 is 10.6 Å². The van der Waals surface area contributed by atoms with Crippen LogP contribution in [0, 0.1) is 0 Å². The van der Waals surface area contributed by atoms with Crippen molar-refractivity contribution in [3.8, 4) is 0 Å². The van der Waals surface area contributed by atoms with E-state index in [1.165, 1.54) is 17.1 Å². The Kier molecular flexibility index (Phi) is 4.90. The van der Waals surface area contributed by atoms with Gasteiger partial charge in [-0.05, 0) is 35.2 Å². The van der Waals surface area contributed by atoms with E-state index in [0.717, 1.165) is 22.3 Å². The summed E-state index contributed by atoms with van der Waals surface area (Å²) in [4.78, 5) is 15.5.